The number of hydrogen-bond acceptors (Lipinski definition) is 16. The first-order chi connectivity index (χ1) is 41.6. The maximum Gasteiger partial charge on any atom is 0.412 e. The number of allylic oxidation sites excluding steroid dienone is 3. The molecule has 3 aromatic rings. The normalized spacial score (nSPS) is 24.0. The standard InChI is InChI=1S/C66H91ClN6O15/c1-13-42(14-2)61(79)88-64(7,8)27-16-15-21-44(74)34-46(38(3)4)60(78)71-47(23-19-29-70-62(68)80)50(75)33-43-25-26-48(58-45(43)22-18-28-69-58)72-63(81)86-54-35-55(76)73(10)49-31-41(32-51(83-11)57(49)67)30-39(5)20-17-24-53(84-12)66(82)36-52(85-56(77)37-66)40(6)59-65(54,9)87-59/h17-18,20,22,24-26,28,31-32,38,40,42,46-47,52-54,59,82H,13-16,19,21,23,27,29-30,33-37H2,1-12H3,(H,71,78)(H,72,81)(H3,68,70,80)/b24-17+,39-20+/t40-,46+,47+,52+,53-,54+,59+,65+,66-/m1/s1. The van der Waals surface area contributed by atoms with Crippen LogP contribution in [0.4, 0.5) is 21.0 Å². The lowest BCUT2D eigenvalue weighted by Gasteiger charge is -2.41. The smallest absolute Gasteiger partial charge is 0.412 e. The number of aliphatic hydroxyl groups is 1. The van der Waals surface area contributed by atoms with E-state index in [1.54, 1.807) is 69.4 Å². The van der Waals surface area contributed by atoms with Crippen LogP contribution in [-0.4, -0.2) is 133 Å². The van der Waals surface area contributed by atoms with Gasteiger partial charge in [-0.2, -0.15) is 0 Å². The Bertz CT molecular complexity index is 3090. The number of nitrogens with one attached hydrogen (secondary N) is 3. The minimum Gasteiger partial charge on any atom is -0.495 e. The van der Waals surface area contributed by atoms with Crippen molar-refractivity contribution in [1.82, 2.24) is 15.6 Å². The number of hydrogen-bond donors (Lipinski definition) is 5. The molecule has 2 aromatic carbocycles. The van der Waals surface area contributed by atoms with E-state index in [-0.39, 0.29) is 91.6 Å². The number of primary amides is 1. The number of ketones is 2. The molecule has 1 aromatic heterocycles. The third-order valence-electron chi connectivity index (χ3n) is 17.4. The quantitative estimate of drug-likeness (QED) is 0.0228. The monoisotopic (exact) mass is 1240 g/mol. The second-order valence-electron chi connectivity index (χ2n) is 24.9. The number of anilines is 2. The summed E-state index contributed by atoms with van der Waals surface area (Å²) in [6.07, 6.45) is 5.33. The summed E-state index contributed by atoms with van der Waals surface area (Å²) in [6, 6.07) is 8.41. The molecule has 9 atom stereocenters. The zero-order chi connectivity index (χ0) is 64.8. The molecule has 482 valence electrons. The van der Waals surface area contributed by atoms with E-state index < -0.39 is 95.4 Å². The third kappa shape index (κ3) is 18.3. The molecule has 4 heterocycles. The largest absolute Gasteiger partial charge is 0.495 e. The van der Waals surface area contributed by atoms with Crippen LogP contribution < -0.4 is 31.3 Å². The highest BCUT2D eigenvalue weighted by atomic mass is 35.5. The summed E-state index contributed by atoms with van der Waals surface area (Å²) in [6.45, 7) is 16.9. The molecule has 0 unspecified atom stereocenters. The van der Waals surface area contributed by atoms with Crippen molar-refractivity contribution < 1.29 is 71.9 Å². The minimum absolute atomic E-state index is 0.00602. The summed E-state index contributed by atoms with van der Waals surface area (Å²) in [5, 5.41) is 21.0. The van der Waals surface area contributed by atoms with Crippen LogP contribution in [0.3, 0.4) is 0 Å². The summed E-state index contributed by atoms with van der Waals surface area (Å²) in [5.74, 6) is -3.71. The number of pyridine rings is 1. The number of fused-ring (bicyclic) bond motifs is 6. The molecule has 22 heteroatoms. The predicted molar refractivity (Wildman–Crippen MR) is 334 cm³/mol. The van der Waals surface area contributed by atoms with E-state index in [4.69, 9.17) is 45.8 Å². The van der Waals surface area contributed by atoms with Crippen molar-refractivity contribution in [3.63, 3.8) is 0 Å². The van der Waals surface area contributed by atoms with Crippen LogP contribution >= 0.6 is 11.6 Å². The van der Waals surface area contributed by atoms with Gasteiger partial charge in [-0.25, -0.2) is 9.59 Å². The number of benzene rings is 2. The number of epoxide rings is 1. The lowest BCUT2D eigenvalue weighted by molar-refractivity contribution is -0.187. The minimum atomic E-state index is -1.65. The van der Waals surface area contributed by atoms with Gasteiger partial charge in [-0.15, -0.1) is 0 Å². The predicted octanol–water partition coefficient (Wildman–Crippen LogP) is 9.77. The molecular formula is C66H91ClN6O15. The van der Waals surface area contributed by atoms with Crippen LogP contribution in [-0.2, 0) is 65.3 Å². The topological polar surface area (TPSA) is 294 Å². The van der Waals surface area contributed by atoms with E-state index in [0.717, 1.165) is 11.1 Å². The second-order valence-corrected chi connectivity index (χ2v) is 25.3. The Balaban J connectivity index is 1.21. The highest BCUT2D eigenvalue weighted by molar-refractivity contribution is 6.35. The number of rotatable bonds is 25. The number of nitrogens with two attached hydrogens (primary N) is 1. The highest BCUT2D eigenvalue weighted by Crippen LogP contribution is 2.50. The number of carbonyl (C=O) groups excluding carboxylic acids is 8. The van der Waals surface area contributed by atoms with Crippen molar-refractivity contribution in [2.45, 2.75) is 199 Å². The fourth-order valence-corrected chi connectivity index (χ4v) is 12.2. The fourth-order valence-electron chi connectivity index (χ4n) is 11.9. The molecule has 21 nitrogen and oxygen atoms in total. The Morgan fingerprint density at radius 3 is 2.43 bits per heavy atom. The van der Waals surface area contributed by atoms with Gasteiger partial charge >= 0.3 is 24.1 Å². The first kappa shape index (κ1) is 70.2. The number of ether oxygens (including phenoxy) is 6. The van der Waals surface area contributed by atoms with E-state index >= 15 is 0 Å². The molecule has 3 aliphatic heterocycles. The Kier molecular flexibility index (Phi) is 24.7. The fraction of sp³-hybridized carbons (Fsp3) is 0.591. The van der Waals surface area contributed by atoms with Gasteiger partial charge < -0.3 is 54.8 Å². The molecule has 6 rings (SSSR count). The lowest BCUT2D eigenvalue weighted by atomic mass is 9.78. The maximum absolute atomic E-state index is 14.6. The molecule has 4 bridgehead atoms. The van der Waals surface area contributed by atoms with Gasteiger partial charge in [0.2, 0.25) is 11.8 Å². The number of carbonyl (C=O) groups is 8. The van der Waals surface area contributed by atoms with Crippen molar-refractivity contribution in [1.29, 1.82) is 0 Å². The van der Waals surface area contributed by atoms with Gasteiger partial charge in [-0.1, -0.05) is 82.2 Å². The van der Waals surface area contributed by atoms with E-state index in [0.29, 0.717) is 66.4 Å². The second kappa shape index (κ2) is 31.0. The zero-order valence-electron chi connectivity index (χ0n) is 53.1. The first-order valence-corrected chi connectivity index (χ1v) is 31.0. The summed E-state index contributed by atoms with van der Waals surface area (Å²) < 4.78 is 35.7. The number of methoxy groups -OCH3 is 2. The first-order valence-electron chi connectivity index (χ1n) is 30.6. The number of amides is 5. The number of aromatic nitrogens is 1. The van der Waals surface area contributed by atoms with Crippen LogP contribution in [0, 0.1) is 23.7 Å². The molecule has 3 aliphatic rings. The van der Waals surface area contributed by atoms with Gasteiger partial charge in [0, 0.05) is 69.8 Å². The van der Waals surface area contributed by atoms with Crippen molar-refractivity contribution >= 4 is 81.3 Å². The molecule has 0 spiro atoms. The Labute approximate surface area is 521 Å². The molecule has 88 heavy (non-hydrogen) atoms. The van der Waals surface area contributed by atoms with E-state index in [1.807, 2.05) is 54.5 Å². The van der Waals surface area contributed by atoms with Crippen molar-refractivity contribution in [2.75, 3.05) is 38.0 Å². The number of esters is 2. The molecule has 2 fully saturated rings. The van der Waals surface area contributed by atoms with Gasteiger partial charge in [-0.05, 0) is 120 Å². The molecule has 0 radical (unpaired) electrons. The number of unbranched alkanes of at least 4 members (excludes halogenated alkanes) is 1. The van der Waals surface area contributed by atoms with Crippen molar-refractivity contribution in [3.05, 3.63) is 82.5 Å². The van der Waals surface area contributed by atoms with Crippen LogP contribution in [0.15, 0.2) is 66.4 Å². The Morgan fingerprint density at radius 2 is 1.76 bits per heavy atom. The van der Waals surface area contributed by atoms with E-state index in [2.05, 4.69) is 20.9 Å². The Hall–Kier alpha value is -6.94. The Morgan fingerprint density at radius 1 is 1.03 bits per heavy atom. The average Bonchev–Trinajstić information content (AvgIpc) is 1.87. The summed E-state index contributed by atoms with van der Waals surface area (Å²) >= 11 is 6.89. The van der Waals surface area contributed by atoms with Gasteiger partial charge in [0.15, 0.2) is 5.78 Å². The lowest BCUT2D eigenvalue weighted by Crippen LogP contribution is -2.53. The molecule has 6 N–H and O–H groups in total. The molecular weight excluding hydrogens is 1150 g/mol. The summed E-state index contributed by atoms with van der Waals surface area (Å²) in [7, 11) is 4.48. The van der Waals surface area contributed by atoms with E-state index in [1.165, 1.54) is 25.3 Å². The number of halogens is 1. The van der Waals surface area contributed by atoms with Gasteiger partial charge in [-0.3, -0.25) is 39.1 Å². The van der Waals surface area contributed by atoms with Crippen LogP contribution in [0.1, 0.15) is 150 Å². The molecule has 0 saturated carbocycles. The molecule has 2 saturated heterocycles. The SMILES string of the molecule is CCC(CC)C(=O)OC(C)(C)CCCCC(=O)C[C@H](C(=O)N[C@@H](CCCNC(N)=O)C(=O)Cc1ccc(NC(=O)O[C@H]2CC(=O)N(C)c3cc(cc(OC)c3Cl)C/C(C)=C/C=C/[C@@H](OC)[C@]3(O)CC(=O)O[C@@H](C3)[C@@H](C)[C@@H]3O[C@@]23C)c2ncccc12)C(C)C. The van der Waals surface area contributed by atoms with Crippen molar-refractivity contribution in [3.8, 4) is 5.75 Å². The van der Waals surface area contributed by atoms with Crippen LogP contribution in [0.2, 0.25) is 5.02 Å². The molecule has 5 amide bonds. The maximum atomic E-state index is 14.6. The van der Waals surface area contributed by atoms with Gasteiger partial charge in [0.25, 0.3) is 0 Å². The van der Waals surface area contributed by atoms with Crippen LogP contribution in [0.25, 0.3) is 10.9 Å². The average molecular weight is 1240 g/mol. The number of Topliss-reactive ketones (excluding diaryl/α,β-unsaturated/α-hetero) is 2. The molecule has 0 aliphatic carbocycles. The van der Waals surface area contributed by atoms with Crippen LogP contribution in [0.5, 0.6) is 5.75 Å². The zero-order valence-corrected chi connectivity index (χ0v) is 53.8. The van der Waals surface area contributed by atoms with E-state index in [9.17, 15) is 43.5 Å². The number of nitrogens with zero attached hydrogens (tertiary/aromatic N) is 2. The summed E-state index contributed by atoms with van der Waals surface area (Å²) in [5.41, 5.74) is 4.68. The summed E-state index contributed by atoms with van der Waals surface area (Å²) in [4.78, 5) is 115. The van der Waals surface area contributed by atoms with Crippen molar-refractivity contribution in [2.24, 2.45) is 29.4 Å². The third-order valence-corrected chi connectivity index (χ3v) is 17.7. The van der Waals surface area contributed by atoms with Gasteiger partial charge in [0.05, 0.1) is 54.9 Å². The number of urea groups is 1. The van der Waals surface area contributed by atoms with Gasteiger partial charge in [0.1, 0.15) is 51.7 Å². The highest BCUT2D eigenvalue weighted by Gasteiger charge is 2.64.